The molecule has 3 rings (SSSR count). The number of nitrogens with one attached hydrogen (secondary N) is 1. The standard InChI is InChI=1S/C16H18N2O/c1-18-15-9-13-6-3-7-14(16(13)19-15)12-5-2-4-11(8-12)10-17/h2-8,15,18H,9-10,17H2,1H3. The molecule has 19 heavy (non-hydrogen) atoms. The van der Waals surface area contributed by atoms with E-state index in [0.29, 0.717) is 6.54 Å². The zero-order chi connectivity index (χ0) is 13.2. The van der Waals surface area contributed by atoms with Gasteiger partial charge in [0.15, 0.2) is 6.23 Å². The second kappa shape index (κ2) is 5.03. The summed E-state index contributed by atoms with van der Waals surface area (Å²) in [5.74, 6) is 0.996. The topological polar surface area (TPSA) is 47.3 Å². The van der Waals surface area contributed by atoms with Crippen LogP contribution in [0.2, 0.25) is 0 Å². The summed E-state index contributed by atoms with van der Waals surface area (Å²) >= 11 is 0. The van der Waals surface area contributed by atoms with Crippen molar-refractivity contribution >= 4 is 0 Å². The number of ether oxygens (including phenoxy) is 1. The highest BCUT2D eigenvalue weighted by atomic mass is 16.5. The number of nitrogens with two attached hydrogens (primary N) is 1. The van der Waals surface area contributed by atoms with Crippen LogP contribution in [0.1, 0.15) is 11.1 Å². The number of benzene rings is 2. The molecule has 1 atom stereocenters. The van der Waals surface area contributed by atoms with Crippen LogP contribution in [0, 0.1) is 0 Å². The fraction of sp³-hybridized carbons (Fsp3) is 0.250. The average Bonchev–Trinajstić information content (AvgIpc) is 2.90. The quantitative estimate of drug-likeness (QED) is 0.883. The number of hydrogen-bond acceptors (Lipinski definition) is 3. The van der Waals surface area contributed by atoms with Gasteiger partial charge < -0.3 is 10.5 Å². The molecule has 3 N–H and O–H groups in total. The lowest BCUT2D eigenvalue weighted by Gasteiger charge is -2.12. The first-order valence-electron chi connectivity index (χ1n) is 6.57. The lowest BCUT2D eigenvalue weighted by molar-refractivity contribution is 0.204. The molecule has 2 aromatic rings. The molecule has 0 saturated carbocycles. The first kappa shape index (κ1) is 12.2. The van der Waals surface area contributed by atoms with E-state index in [1.165, 1.54) is 5.56 Å². The molecule has 0 spiro atoms. The predicted molar refractivity (Wildman–Crippen MR) is 76.9 cm³/mol. The van der Waals surface area contributed by atoms with Gasteiger partial charge in [0.25, 0.3) is 0 Å². The Morgan fingerprint density at radius 1 is 1.26 bits per heavy atom. The van der Waals surface area contributed by atoms with Crippen molar-refractivity contribution in [3.8, 4) is 16.9 Å². The van der Waals surface area contributed by atoms with Gasteiger partial charge in [-0.2, -0.15) is 0 Å². The summed E-state index contributed by atoms with van der Waals surface area (Å²) in [6.45, 7) is 0.558. The molecular weight excluding hydrogens is 236 g/mol. The van der Waals surface area contributed by atoms with Crippen molar-refractivity contribution in [1.82, 2.24) is 5.32 Å². The minimum atomic E-state index is 0.0776. The van der Waals surface area contributed by atoms with Crippen molar-refractivity contribution < 1.29 is 4.74 Å². The van der Waals surface area contributed by atoms with E-state index < -0.39 is 0 Å². The first-order chi connectivity index (χ1) is 9.31. The van der Waals surface area contributed by atoms with E-state index in [4.69, 9.17) is 10.5 Å². The predicted octanol–water partition coefficient (Wildman–Crippen LogP) is 2.29. The van der Waals surface area contributed by atoms with Crippen molar-refractivity contribution in [3.63, 3.8) is 0 Å². The zero-order valence-electron chi connectivity index (χ0n) is 11.0. The molecule has 1 unspecified atom stereocenters. The summed E-state index contributed by atoms with van der Waals surface area (Å²) in [6.07, 6.45) is 0.991. The van der Waals surface area contributed by atoms with Gasteiger partial charge in [-0.05, 0) is 29.8 Å². The Balaban J connectivity index is 2.05. The van der Waals surface area contributed by atoms with E-state index in [-0.39, 0.29) is 6.23 Å². The molecule has 0 aliphatic carbocycles. The van der Waals surface area contributed by atoms with Gasteiger partial charge in [-0.25, -0.2) is 0 Å². The minimum absolute atomic E-state index is 0.0776. The van der Waals surface area contributed by atoms with E-state index in [1.54, 1.807) is 0 Å². The van der Waals surface area contributed by atoms with Gasteiger partial charge in [0.2, 0.25) is 0 Å². The third-order valence-corrected chi connectivity index (χ3v) is 3.56. The lowest BCUT2D eigenvalue weighted by atomic mass is 9.99. The van der Waals surface area contributed by atoms with Crippen molar-refractivity contribution in [2.24, 2.45) is 5.73 Å². The fourth-order valence-corrected chi connectivity index (χ4v) is 2.52. The number of hydrogen-bond donors (Lipinski definition) is 2. The van der Waals surface area contributed by atoms with Crippen LogP contribution in [-0.2, 0) is 13.0 Å². The summed E-state index contributed by atoms with van der Waals surface area (Å²) in [4.78, 5) is 0. The maximum absolute atomic E-state index is 5.97. The molecule has 1 aliphatic heterocycles. The SMILES string of the molecule is CNC1Cc2cccc(-c3cccc(CN)c3)c2O1. The molecule has 0 aromatic heterocycles. The molecule has 0 fully saturated rings. The summed E-state index contributed by atoms with van der Waals surface area (Å²) in [7, 11) is 1.92. The van der Waals surface area contributed by atoms with Crippen LogP contribution in [0.15, 0.2) is 42.5 Å². The largest absolute Gasteiger partial charge is 0.474 e. The van der Waals surface area contributed by atoms with Crippen LogP contribution in [-0.4, -0.2) is 13.3 Å². The van der Waals surface area contributed by atoms with Crippen molar-refractivity contribution in [3.05, 3.63) is 53.6 Å². The Kier molecular flexibility index (Phi) is 3.23. The minimum Gasteiger partial charge on any atom is -0.474 e. The Morgan fingerprint density at radius 3 is 2.89 bits per heavy atom. The summed E-state index contributed by atoms with van der Waals surface area (Å²) in [5, 5.41) is 3.17. The van der Waals surface area contributed by atoms with Gasteiger partial charge >= 0.3 is 0 Å². The molecule has 1 aliphatic rings. The fourth-order valence-electron chi connectivity index (χ4n) is 2.52. The molecular formula is C16H18N2O. The second-order valence-electron chi connectivity index (χ2n) is 4.80. The van der Waals surface area contributed by atoms with Crippen LogP contribution in [0.4, 0.5) is 0 Å². The number of likely N-dealkylation sites (N-methyl/N-ethyl adjacent to an activating group) is 1. The van der Waals surface area contributed by atoms with Crippen LogP contribution < -0.4 is 15.8 Å². The summed E-state index contributed by atoms with van der Waals surface area (Å²) < 4.78 is 5.97. The molecule has 1 heterocycles. The Bertz CT molecular complexity index is 595. The first-order valence-corrected chi connectivity index (χ1v) is 6.57. The van der Waals surface area contributed by atoms with E-state index in [2.05, 4.69) is 35.6 Å². The second-order valence-corrected chi connectivity index (χ2v) is 4.80. The number of fused-ring (bicyclic) bond motifs is 1. The highest BCUT2D eigenvalue weighted by Gasteiger charge is 2.24. The van der Waals surface area contributed by atoms with Crippen LogP contribution in [0.5, 0.6) is 5.75 Å². The van der Waals surface area contributed by atoms with E-state index in [1.807, 2.05) is 19.2 Å². The van der Waals surface area contributed by atoms with E-state index in [0.717, 1.165) is 28.9 Å². The number of para-hydroxylation sites is 1. The third-order valence-electron chi connectivity index (χ3n) is 3.56. The molecule has 98 valence electrons. The van der Waals surface area contributed by atoms with Gasteiger partial charge in [-0.3, -0.25) is 5.32 Å². The molecule has 0 saturated heterocycles. The molecule has 0 amide bonds. The number of rotatable bonds is 3. The van der Waals surface area contributed by atoms with Gasteiger partial charge in [0.1, 0.15) is 5.75 Å². The smallest absolute Gasteiger partial charge is 0.154 e. The molecule has 3 nitrogen and oxygen atoms in total. The summed E-state index contributed by atoms with van der Waals surface area (Å²) in [5.41, 5.74) is 10.4. The third kappa shape index (κ3) is 2.23. The van der Waals surface area contributed by atoms with E-state index >= 15 is 0 Å². The molecule has 0 radical (unpaired) electrons. The maximum Gasteiger partial charge on any atom is 0.154 e. The van der Waals surface area contributed by atoms with Gasteiger partial charge in [-0.1, -0.05) is 36.4 Å². The highest BCUT2D eigenvalue weighted by molar-refractivity contribution is 5.73. The highest BCUT2D eigenvalue weighted by Crippen LogP contribution is 2.38. The molecule has 0 bridgehead atoms. The summed E-state index contributed by atoms with van der Waals surface area (Å²) in [6, 6.07) is 14.6. The van der Waals surface area contributed by atoms with Crippen LogP contribution in [0.25, 0.3) is 11.1 Å². The van der Waals surface area contributed by atoms with Crippen molar-refractivity contribution in [2.75, 3.05) is 7.05 Å². The van der Waals surface area contributed by atoms with E-state index in [9.17, 15) is 0 Å². The maximum atomic E-state index is 5.97. The van der Waals surface area contributed by atoms with Crippen LogP contribution >= 0.6 is 0 Å². The molecule has 2 aromatic carbocycles. The Labute approximate surface area is 113 Å². The Hall–Kier alpha value is -1.84. The normalized spacial score (nSPS) is 17.1. The van der Waals surface area contributed by atoms with Gasteiger partial charge in [0.05, 0.1) is 0 Å². The average molecular weight is 254 g/mol. The molecule has 3 heteroatoms. The van der Waals surface area contributed by atoms with Crippen molar-refractivity contribution in [2.45, 2.75) is 19.2 Å². The van der Waals surface area contributed by atoms with Crippen LogP contribution in [0.3, 0.4) is 0 Å². The van der Waals surface area contributed by atoms with Gasteiger partial charge in [0, 0.05) is 18.5 Å². The monoisotopic (exact) mass is 254 g/mol. The Morgan fingerprint density at radius 2 is 2.11 bits per heavy atom. The van der Waals surface area contributed by atoms with Crippen molar-refractivity contribution in [1.29, 1.82) is 0 Å². The lowest BCUT2D eigenvalue weighted by Crippen LogP contribution is -2.29. The van der Waals surface area contributed by atoms with Gasteiger partial charge in [-0.15, -0.1) is 0 Å². The zero-order valence-corrected chi connectivity index (χ0v) is 11.0.